The van der Waals surface area contributed by atoms with Crippen molar-refractivity contribution in [1.82, 2.24) is 0 Å². The van der Waals surface area contributed by atoms with Crippen LogP contribution in [-0.4, -0.2) is 19.3 Å². The Labute approximate surface area is 117 Å². The first-order valence-electron chi connectivity index (χ1n) is 6.35. The maximum atomic E-state index is 6.07. The van der Waals surface area contributed by atoms with E-state index in [0.717, 1.165) is 47.2 Å². The zero-order valence-electron chi connectivity index (χ0n) is 10.9. The van der Waals surface area contributed by atoms with E-state index in [-0.39, 0.29) is 6.10 Å². The molecule has 0 aliphatic heterocycles. The van der Waals surface area contributed by atoms with E-state index in [0.29, 0.717) is 6.10 Å². The van der Waals surface area contributed by atoms with Gasteiger partial charge in [-0.3, -0.25) is 0 Å². The lowest BCUT2D eigenvalue weighted by Gasteiger charge is -2.29. The molecule has 2 rings (SSSR count). The maximum Gasteiger partial charge on any atom is 0.134 e. The van der Waals surface area contributed by atoms with E-state index in [9.17, 15) is 0 Å². The van der Waals surface area contributed by atoms with Crippen molar-refractivity contribution in [3.63, 3.8) is 0 Å². The molecule has 1 aromatic carbocycles. The highest BCUT2D eigenvalue weighted by atomic mass is 79.9. The summed E-state index contributed by atoms with van der Waals surface area (Å²) < 4.78 is 12.4. The van der Waals surface area contributed by atoms with Gasteiger partial charge in [-0.05, 0) is 59.8 Å². The van der Waals surface area contributed by atoms with Crippen molar-refractivity contribution < 1.29 is 9.47 Å². The SMILES string of the molecule is COC1CCCC(Oc2cc(C)c(N)cc2Br)C1. The second kappa shape index (κ2) is 5.93. The van der Waals surface area contributed by atoms with Gasteiger partial charge in [0.2, 0.25) is 0 Å². The van der Waals surface area contributed by atoms with E-state index < -0.39 is 0 Å². The average Bonchev–Trinajstić information content (AvgIpc) is 2.36. The molecule has 1 saturated carbocycles. The molecular formula is C14H20BrNO2. The predicted molar refractivity (Wildman–Crippen MR) is 77.0 cm³/mol. The van der Waals surface area contributed by atoms with Crippen LogP contribution in [0.15, 0.2) is 16.6 Å². The van der Waals surface area contributed by atoms with Crippen molar-refractivity contribution in [2.24, 2.45) is 0 Å². The van der Waals surface area contributed by atoms with Crippen molar-refractivity contribution in [2.75, 3.05) is 12.8 Å². The second-order valence-electron chi connectivity index (χ2n) is 4.90. The number of ether oxygens (including phenoxy) is 2. The summed E-state index contributed by atoms with van der Waals surface area (Å²) in [6.07, 6.45) is 4.93. The fraction of sp³-hybridized carbons (Fsp3) is 0.571. The monoisotopic (exact) mass is 313 g/mol. The van der Waals surface area contributed by atoms with Crippen LogP contribution in [0, 0.1) is 6.92 Å². The van der Waals surface area contributed by atoms with Crippen molar-refractivity contribution in [1.29, 1.82) is 0 Å². The number of rotatable bonds is 3. The number of benzene rings is 1. The van der Waals surface area contributed by atoms with E-state index in [1.807, 2.05) is 19.1 Å². The quantitative estimate of drug-likeness (QED) is 0.866. The summed E-state index contributed by atoms with van der Waals surface area (Å²) in [6.45, 7) is 1.99. The van der Waals surface area contributed by atoms with Gasteiger partial charge in [0.25, 0.3) is 0 Å². The number of hydrogen-bond donors (Lipinski definition) is 1. The average molecular weight is 314 g/mol. The van der Waals surface area contributed by atoms with Crippen LogP contribution in [0.2, 0.25) is 0 Å². The fourth-order valence-corrected chi connectivity index (χ4v) is 2.82. The van der Waals surface area contributed by atoms with Crippen LogP contribution in [0.3, 0.4) is 0 Å². The Morgan fingerprint density at radius 2 is 2.00 bits per heavy atom. The number of hydrogen-bond acceptors (Lipinski definition) is 3. The smallest absolute Gasteiger partial charge is 0.134 e. The van der Waals surface area contributed by atoms with Gasteiger partial charge in [-0.25, -0.2) is 0 Å². The van der Waals surface area contributed by atoms with Gasteiger partial charge in [0.15, 0.2) is 0 Å². The van der Waals surface area contributed by atoms with Gasteiger partial charge >= 0.3 is 0 Å². The van der Waals surface area contributed by atoms with E-state index in [4.69, 9.17) is 15.2 Å². The molecule has 2 unspecified atom stereocenters. The molecule has 2 atom stereocenters. The lowest BCUT2D eigenvalue weighted by atomic mass is 9.95. The van der Waals surface area contributed by atoms with Gasteiger partial charge in [-0.15, -0.1) is 0 Å². The number of anilines is 1. The molecule has 0 aromatic heterocycles. The summed E-state index contributed by atoms with van der Waals surface area (Å²) in [6, 6.07) is 3.90. The summed E-state index contributed by atoms with van der Waals surface area (Å²) in [4.78, 5) is 0. The van der Waals surface area contributed by atoms with Crippen molar-refractivity contribution >= 4 is 21.6 Å². The van der Waals surface area contributed by atoms with Gasteiger partial charge in [0, 0.05) is 19.2 Å². The van der Waals surface area contributed by atoms with Gasteiger partial charge in [-0.1, -0.05) is 0 Å². The van der Waals surface area contributed by atoms with Crippen LogP contribution in [-0.2, 0) is 4.74 Å². The maximum absolute atomic E-state index is 6.07. The normalized spacial score (nSPS) is 23.9. The number of halogens is 1. The largest absolute Gasteiger partial charge is 0.489 e. The Morgan fingerprint density at radius 3 is 2.72 bits per heavy atom. The van der Waals surface area contributed by atoms with Gasteiger partial charge in [-0.2, -0.15) is 0 Å². The molecule has 0 radical (unpaired) electrons. The number of nitrogen functional groups attached to an aromatic ring is 1. The third kappa shape index (κ3) is 3.18. The minimum Gasteiger partial charge on any atom is -0.489 e. The molecule has 100 valence electrons. The molecule has 2 N–H and O–H groups in total. The summed E-state index contributed by atoms with van der Waals surface area (Å²) in [5.41, 5.74) is 7.69. The predicted octanol–water partition coefficient (Wildman–Crippen LogP) is 3.68. The highest BCUT2D eigenvalue weighted by Crippen LogP contribution is 2.33. The van der Waals surface area contributed by atoms with Crippen LogP contribution < -0.4 is 10.5 Å². The minimum absolute atomic E-state index is 0.239. The summed E-state index contributed by atoms with van der Waals surface area (Å²) >= 11 is 3.50. The first-order valence-corrected chi connectivity index (χ1v) is 7.14. The highest BCUT2D eigenvalue weighted by Gasteiger charge is 2.23. The van der Waals surface area contributed by atoms with Crippen LogP contribution in [0.5, 0.6) is 5.75 Å². The van der Waals surface area contributed by atoms with Gasteiger partial charge in [0.1, 0.15) is 11.9 Å². The van der Waals surface area contributed by atoms with Crippen LogP contribution in [0.1, 0.15) is 31.2 Å². The van der Waals surface area contributed by atoms with Gasteiger partial charge < -0.3 is 15.2 Å². The van der Waals surface area contributed by atoms with E-state index in [1.165, 1.54) is 0 Å². The van der Waals surface area contributed by atoms with Crippen molar-refractivity contribution in [3.8, 4) is 5.75 Å². The molecular weight excluding hydrogens is 294 g/mol. The Kier molecular flexibility index (Phi) is 4.51. The summed E-state index contributed by atoms with van der Waals surface area (Å²) in [7, 11) is 1.77. The molecule has 0 amide bonds. The molecule has 1 aliphatic carbocycles. The molecule has 0 bridgehead atoms. The summed E-state index contributed by atoms with van der Waals surface area (Å²) in [5, 5.41) is 0. The lowest BCUT2D eigenvalue weighted by molar-refractivity contribution is 0.0207. The number of aryl methyl sites for hydroxylation is 1. The molecule has 1 aliphatic rings. The minimum atomic E-state index is 0.239. The Bertz CT molecular complexity index is 423. The first-order chi connectivity index (χ1) is 8.60. The molecule has 4 heteroatoms. The first kappa shape index (κ1) is 13.7. The molecule has 18 heavy (non-hydrogen) atoms. The zero-order chi connectivity index (χ0) is 13.1. The van der Waals surface area contributed by atoms with E-state index >= 15 is 0 Å². The highest BCUT2D eigenvalue weighted by molar-refractivity contribution is 9.10. The van der Waals surface area contributed by atoms with E-state index in [2.05, 4.69) is 15.9 Å². The third-order valence-corrected chi connectivity index (χ3v) is 4.15. The van der Waals surface area contributed by atoms with Crippen LogP contribution >= 0.6 is 15.9 Å². The second-order valence-corrected chi connectivity index (χ2v) is 5.76. The topological polar surface area (TPSA) is 44.5 Å². The molecule has 0 heterocycles. The lowest BCUT2D eigenvalue weighted by Crippen LogP contribution is -2.29. The Morgan fingerprint density at radius 1 is 1.28 bits per heavy atom. The summed E-state index contributed by atoms with van der Waals surface area (Å²) in [5.74, 6) is 0.878. The fourth-order valence-electron chi connectivity index (χ4n) is 2.36. The van der Waals surface area contributed by atoms with Gasteiger partial charge in [0.05, 0.1) is 10.6 Å². The Hall–Kier alpha value is -0.740. The molecule has 3 nitrogen and oxygen atoms in total. The Balaban J connectivity index is 2.07. The number of methoxy groups -OCH3 is 1. The molecule has 0 spiro atoms. The van der Waals surface area contributed by atoms with Crippen LogP contribution in [0.4, 0.5) is 5.69 Å². The van der Waals surface area contributed by atoms with Crippen molar-refractivity contribution in [2.45, 2.75) is 44.8 Å². The number of nitrogens with two attached hydrogens (primary N) is 1. The van der Waals surface area contributed by atoms with Crippen LogP contribution in [0.25, 0.3) is 0 Å². The third-order valence-electron chi connectivity index (χ3n) is 3.53. The standard InChI is InChI=1S/C14H20BrNO2/c1-9-6-14(12(15)8-13(9)16)18-11-5-3-4-10(7-11)17-2/h6,8,10-11H,3-5,7,16H2,1-2H3. The zero-order valence-corrected chi connectivity index (χ0v) is 12.5. The molecule has 1 fully saturated rings. The van der Waals surface area contributed by atoms with Crippen molar-refractivity contribution in [3.05, 3.63) is 22.2 Å². The molecule has 0 saturated heterocycles. The molecule has 1 aromatic rings. The van der Waals surface area contributed by atoms with E-state index in [1.54, 1.807) is 7.11 Å².